The third-order valence-electron chi connectivity index (χ3n) is 7.42. The number of para-hydroxylation sites is 1. The minimum absolute atomic E-state index is 0.0530. The molecule has 5 rings (SSSR count). The van der Waals surface area contributed by atoms with Gasteiger partial charge in [-0.05, 0) is 66.9 Å². The highest BCUT2D eigenvalue weighted by Gasteiger charge is 2.31. The summed E-state index contributed by atoms with van der Waals surface area (Å²) < 4.78 is 15.7. The summed E-state index contributed by atoms with van der Waals surface area (Å²) in [5, 5.41) is 0. The van der Waals surface area contributed by atoms with Gasteiger partial charge in [-0.2, -0.15) is 0 Å². The van der Waals surface area contributed by atoms with Gasteiger partial charge in [0.25, 0.3) is 5.91 Å². The first kappa shape index (κ1) is 25.5. The second-order valence-electron chi connectivity index (χ2n) is 9.70. The van der Waals surface area contributed by atoms with Gasteiger partial charge in [-0.25, -0.2) is 4.39 Å². The summed E-state index contributed by atoms with van der Waals surface area (Å²) in [5.41, 5.74) is 5.08. The van der Waals surface area contributed by atoms with Gasteiger partial charge in [0.15, 0.2) is 0 Å². The first-order valence-electron chi connectivity index (χ1n) is 13.1. The Morgan fingerprint density at radius 2 is 1.39 bits per heavy atom. The highest BCUT2D eigenvalue weighted by atomic mass is 19.1. The average molecular weight is 510 g/mol. The summed E-state index contributed by atoms with van der Waals surface area (Å²) in [7, 11) is 0. The summed E-state index contributed by atoms with van der Waals surface area (Å²) in [5.74, 6) is -0.401. The fraction of sp³-hybridized carbons (Fsp3) is 0.250. The summed E-state index contributed by atoms with van der Waals surface area (Å²) in [4.78, 5) is 30.8. The van der Waals surface area contributed by atoms with Gasteiger partial charge >= 0.3 is 0 Å². The maximum absolute atomic E-state index is 13.7. The van der Waals surface area contributed by atoms with E-state index in [0.29, 0.717) is 31.7 Å². The Hall–Kier alpha value is -4.19. The van der Waals surface area contributed by atoms with E-state index in [1.165, 1.54) is 12.1 Å². The molecule has 0 N–H and O–H groups in total. The van der Waals surface area contributed by atoms with Crippen LogP contribution in [0.3, 0.4) is 0 Å². The molecule has 5 nitrogen and oxygen atoms in total. The second-order valence-corrected chi connectivity index (χ2v) is 9.70. The van der Waals surface area contributed by atoms with E-state index in [-0.39, 0.29) is 23.5 Å². The van der Waals surface area contributed by atoms with Crippen molar-refractivity contribution in [1.82, 2.24) is 14.4 Å². The number of halogens is 1. The Bertz CT molecular complexity index is 1410. The summed E-state index contributed by atoms with van der Waals surface area (Å²) >= 11 is 0. The molecule has 1 aromatic heterocycles. The molecule has 1 aliphatic heterocycles. The number of carbonyl (C=O) groups excluding carboxylic acids is 2. The minimum Gasteiger partial charge on any atom is -0.339 e. The van der Waals surface area contributed by atoms with Gasteiger partial charge in [-0.1, -0.05) is 55.5 Å². The lowest BCUT2D eigenvalue weighted by Crippen LogP contribution is -2.51. The van der Waals surface area contributed by atoms with Crippen LogP contribution >= 0.6 is 0 Å². The molecular weight excluding hydrogens is 477 g/mol. The van der Waals surface area contributed by atoms with Crippen molar-refractivity contribution < 1.29 is 14.0 Å². The molecule has 0 aliphatic carbocycles. The first-order chi connectivity index (χ1) is 18.5. The molecule has 1 atom stereocenters. The summed E-state index contributed by atoms with van der Waals surface area (Å²) in [6, 6.07) is 28.0. The van der Waals surface area contributed by atoms with Crippen LogP contribution in [0.15, 0.2) is 91.0 Å². The van der Waals surface area contributed by atoms with E-state index in [1.807, 2.05) is 94.9 Å². The molecule has 38 heavy (non-hydrogen) atoms. The van der Waals surface area contributed by atoms with Gasteiger partial charge in [-0.3, -0.25) is 9.59 Å². The van der Waals surface area contributed by atoms with E-state index in [9.17, 15) is 14.0 Å². The van der Waals surface area contributed by atoms with Crippen LogP contribution in [-0.4, -0.2) is 52.4 Å². The molecule has 2 amide bonds. The largest absolute Gasteiger partial charge is 0.339 e. The molecule has 4 aromatic rings. The second kappa shape index (κ2) is 11.1. The fourth-order valence-corrected chi connectivity index (χ4v) is 5.33. The lowest BCUT2D eigenvalue weighted by molar-refractivity contribution is -0.134. The Labute approximate surface area is 223 Å². The molecule has 0 spiro atoms. The van der Waals surface area contributed by atoms with E-state index < -0.39 is 0 Å². The van der Waals surface area contributed by atoms with Crippen molar-refractivity contribution in [3.8, 4) is 16.9 Å². The zero-order chi connectivity index (χ0) is 26.6. The Balaban J connectivity index is 1.37. The van der Waals surface area contributed by atoms with Crippen LogP contribution in [0.5, 0.6) is 0 Å². The summed E-state index contributed by atoms with van der Waals surface area (Å²) in [6.45, 7) is 5.97. The topological polar surface area (TPSA) is 45.6 Å². The van der Waals surface area contributed by atoms with Gasteiger partial charge in [0, 0.05) is 37.6 Å². The molecule has 194 valence electrons. The van der Waals surface area contributed by atoms with Crippen LogP contribution in [0, 0.1) is 12.7 Å². The quantitative estimate of drug-likeness (QED) is 0.317. The van der Waals surface area contributed by atoms with Crippen molar-refractivity contribution in [2.45, 2.75) is 26.2 Å². The van der Waals surface area contributed by atoms with E-state index in [2.05, 4.69) is 0 Å². The number of benzene rings is 3. The average Bonchev–Trinajstić information content (AvgIpc) is 3.31. The van der Waals surface area contributed by atoms with Crippen molar-refractivity contribution >= 4 is 11.8 Å². The highest BCUT2D eigenvalue weighted by molar-refractivity contribution is 5.97. The standard InChI is InChI=1S/C32H32FN3O2/c1-3-28(24-10-6-4-7-11-24)31(37)34-18-20-35(21-19-34)32(38)29-22-30(25-14-16-26(33)17-15-25)36(23(29)2)27-12-8-5-9-13-27/h4-17,22,28H,3,18-21H2,1-2H3. The van der Waals surface area contributed by atoms with E-state index in [4.69, 9.17) is 0 Å². The molecule has 3 aromatic carbocycles. The Kier molecular flexibility index (Phi) is 7.40. The molecule has 0 bridgehead atoms. The molecule has 6 heteroatoms. The maximum atomic E-state index is 13.7. The van der Waals surface area contributed by atoms with E-state index in [0.717, 1.165) is 34.6 Å². The van der Waals surface area contributed by atoms with Crippen molar-refractivity contribution in [2.75, 3.05) is 26.2 Å². The molecule has 1 saturated heterocycles. The zero-order valence-corrected chi connectivity index (χ0v) is 21.8. The highest BCUT2D eigenvalue weighted by Crippen LogP contribution is 2.31. The smallest absolute Gasteiger partial charge is 0.255 e. The molecule has 1 aliphatic rings. The van der Waals surface area contributed by atoms with Crippen molar-refractivity contribution in [1.29, 1.82) is 0 Å². The summed E-state index contributed by atoms with van der Waals surface area (Å²) in [6.07, 6.45) is 0.736. The van der Waals surface area contributed by atoms with Crippen LogP contribution in [0.1, 0.15) is 40.9 Å². The number of rotatable bonds is 6. The monoisotopic (exact) mass is 509 g/mol. The first-order valence-corrected chi connectivity index (χ1v) is 13.1. The predicted molar refractivity (Wildman–Crippen MR) is 148 cm³/mol. The lowest BCUT2D eigenvalue weighted by Gasteiger charge is -2.36. The predicted octanol–water partition coefficient (Wildman–Crippen LogP) is 6.07. The number of hydrogen-bond acceptors (Lipinski definition) is 2. The number of piperazine rings is 1. The van der Waals surface area contributed by atoms with E-state index >= 15 is 0 Å². The van der Waals surface area contributed by atoms with Gasteiger partial charge in [0.05, 0.1) is 17.2 Å². The van der Waals surface area contributed by atoms with Gasteiger partial charge in [0.1, 0.15) is 5.82 Å². The molecule has 0 radical (unpaired) electrons. The maximum Gasteiger partial charge on any atom is 0.255 e. The van der Waals surface area contributed by atoms with Crippen LogP contribution in [0.2, 0.25) is 0 Å². The lowest BCUT2D eigenvalue weighted by atomic mass is 9.95. The number of amides is 2. The third-order valence-corrected chi connectivity index (χ3v) is 7.42. The van der Waals surface area contributed by atoms with Crippen LogP contribution in [0.25, 0.3) is 16.9 Å². The minimum atomic E-state index is -0.301. The van der Waals surface area contributed by atoms with Crippen LogP contribution < -0.4 is 0 Å². The molecule has 1 unspecified atom stereocenters. The normalized spacial score (nSPS) is 14.4. The Morgan fingerprint density at radius 1 is 0.816 bits per heavy atom. The number of nitrogens with zero attached hydrogens (tertiary/aromatic N) is 3. The molecular formula is C32H32FN3O2. The molecule has 2 heterocycles. The van der Waals surface area contributed by atoms with Crippen LogP contribution in [0.4, 0.5) is 4.39 Å². The third kappa shape index (κ3) is 4.99. The van der Waals surface area contributed by atoms with Crippen LogP contribution in [-0.2, 0) is 4.79 Å². The number of aromatic nitrogens is 1. The van der Waals surface area contributed by atoms with Crippen molar-refractivity contribution in [2.24, 2.45) is 0 Å². The number of carbonyl (C=O) groups is 2. The van der Waals surface area contributed by atoms with Gasteiger partial charge < -0.3 is 14.4 Å². The molecule has 1 fully saturated rings. The van der Waals surface area contributed by atoms with Gasteiger partial charge in [-0.15, -0.1) is 0 Å². The fourth-order valence-electron chi connectivity index (χ4n) is 5.33. The van der Waals surface area contributed by atoms with Gasteiger partial charge in [0.2, 0.25) is 5.91 Å². The Morgan fingerprint density at radius 3 is 2.00 bits per heavy atom. The molecule has 0 saturated carbocycles. The SMILES string of the molecule is CCC(C(=O)N1CCN(C(=O)c2cc(-c3ccc(F)cc3)n(-c3ccccc3)c2C)CC1)c1ccccc1. The van der Waals surface area contributed by atoms with Crippen molar-refractivity contribution in [3.05, 3.63) is 114 Å². The van der Waals surface area contributed by atoms with Crippen molar-refractivity contribution in [3.63, 3.8) is 0 Å². The number of hydrogen-bond donors (Lipinski definition) is 0. The zero-order valence-electron chi connectivity index (χ0n) is 21.8. The van der Waals surface area contributed by atoms with E-state index in [1.54, 1.807) is 12.1 Å².